The monoisotopic (exact) mass is 199 g/mol. The molecule has 3 heteroatoms. The zero-order valence-corrected chi connectivity index (χ0v) is 9.55. The number of nitrogens with one attached hydrogen (secondary N) is 2. The first-order valence-electron chi connectivity index (χ1n) is 5.57. The molecule has 14 heavy (non-hydrogen) atoms. The topological polar surface area (TPSA) is 50.1 Å². The van der Waals surface area contributed by atoms with E-state index in [0.717, 1.165) is 25.9 Å². The van der Waals surface area contributed by atoms with Gasteiger partial charge in [0.25, 0.3) is 0 Å². The molecular formula is C11H25N3. The van der Waals surface area contributed by atoms with Crippen LogP contribution in [-0.2, 0) is 0 Å². The van der Waals surface area contributed by atoms with Gasteiger partial charge in [-0.1, -0.05) is 12.5 Å². The van der Waals surface area contributed by atoms with E-state index in [2.05, 4.69) is 29.8 Å². The first-order chi connectivity index (χ1) is 6.81. The van der Waals surface area contributed by atoms with Crippen molar-refractivity contribution in [3.63, 3.8) is 0 Å². The summed E-state index contributed by atoms with van der Waals surface area (Å²) >= 11 is 0. The molecule has 0 aliphatic rings. The van der Waals surface area contributed by atoms with E-state index in [1.165, 1.54) is 12.8 Å². The lowest BCUT2D eigenvalue weighted by Gasteiger charge is -2.09. The van der Waals surface area contributed by atoms with Crippen molar-refractivity contribution in [1.29, 1.82) is 0 Å². The molecule has 4 N–H and O–H groups in total. The third kappa shape index (κ3) is 9.55. The van der Waals surface area contributed by atoms with Gasteiger partial charge in [-0.05, 0) is 46.0 Å². The maximum atomic E-state index is 5.41. The zero-order chi connectivity index (χ0) is 10.6. The van der Waals surface area contributed by atoms with Gasteiger partial charge in [-0.3, -0.25) is 0 Å². The van der Waals surface area contributed by atoms with Crippen molar-refractivity contribution in [1.82, 2.24) is 10.6 Å². The standard InChI is InChI=1S/C11H25N3/c1-11(10-13-2)14-9-7-5-3-4-6-8-12/h7,9,11,13-14H,3-6,8,10,12H2,1-2H3/b9-7+. The van der Waals surface area contributed by atoms with Gasteiger partial charge >= 0.3 is 0 Å². The highest BCUT2D eigenvalue weighted by Gasteiger charge is 1.93. The molecule has 0 rings (SSSR count). The molecule has 1 atom stereocenters. The smallest absolute Gasteiger partial charge is 0.0352 e. The lowest BCUT2D eigenvalue weighted by atomic mass is 10.2. The molecule has 0 aromatic carbocycles. The highest BCUT2D eigenvalue weighted by atomic mass is 14.9. The van der Waals surface area contributed by atoms with Gasteiger partial charge in [-0.15, -0.1) is 0 Å². The van der Waals surface area contributed by atoms with Crippen molar-refractivity contribution in [2.24, 2.45) is 5.73 Å². The molecule has 0 spiro atoms. The second-order valence-electron chi connectivity index (χ2n) is 3.67. The highest BCUT2D eigenvalue weighted by Crippen LogP contribution is 1.98. The lowest BCUT2D eigenvalue weighted by molar-refractivity contribution is 0.592. The van der Waals surface area contributed by atoms with Crippen molar-refractivity contribution in [2.45, 2.75) is 38.6 Å². The second-order valence-corrected chi connectivity index (χ2v) is 3.67. The average Bonchev–Trinajstić information content (AvgIpc) is 2.17. The zero-order valence-electron chi connectivity index (χ0n) is 9.55. The van der Waals surface area contributed by atoms with E-state index in [1.54, 1.807) is 0 Å². The summed E-state index contributed by atoms with van der Waals surface area (Å²) in [4.78, 5) is 0. The van der Waals surface area contributed by atoms with Crippen LogP contribution in [0.3, 0.4) is 0 Å². The van der Waals surface area contributed by atoms with Crippen LogP contribution in [0.5, 0.6) is 0 Å². The minimum atomic E-state index is 0.500. The van der Waals surface area contributed by atoms with Gasteiger partial charge in [0.1, 0.15) is 0 Å². The van der Waals surface area contributed by atoms with E-state index in [-0.39, 0.29) is 0 Å². The summed E-state index contributed by atoms with van der Waals surface area (Å²) in [7, 11) is 1.97. The molecule has 1 unspecified atom stereocenters. The summed E-state index contributed by atoms with van der Waals surface area (Å²) in [6.07, 6.45) is 9.05. The molecule has 3 nitrogen and oxygen atoms in total. The third-order valence-corrected chi connectivity index (χ3v) is 2.08. The maximum absolute atomic E-state index is 5.41. The summed E-state index contributed by atoms with van der Waals surface area (Å²) in [5, 5.41) is 6.43. The number of likely N-dealkylation sites (N-methyl/N-ethyl adjacent to an activating group) is 1. The molecule has 0 aliphatic heterocycles. The molecule has 0 aliphatic carbocycles. The Labute approximate surface area is 88.1 Å². The van der Waals surface area contributed by atoms with Crippen LogP contribution in [0.15, 0.2) is 12.3 Å². The molecule has 0 aromatic heterocycles. The van der Waals surface area contributed by atoms with Gasteiger partial charge in [0.2, 0.25) is 0 Å². The molecule has 0 saturated carbocycles. The Morgan fingerprint density at radius 3 is 2.71 bits per heavy atom. The van der Waals surface area contributed by atoms with E-state index in [4.69, 9.17) is 5.73 Å². The number of rotatable bonds is 9. The van der Waals surface area contributed by atoms with Crippen molar-refractivity contribution in [3.8, 4) is 0 Å². The third-order valence-electron chi connectivity index (χ3n) is 2.08. The Morgan fingerprint density at radius 1 is 1.29 bits per heavy atom. The molecule has 0 radical (unpaired) electrons. The van der Waals surface area contributed by atoms with E-state index >= 15 is 0 Å². The second kappa shape index (κ2) is 10.5. The molecule has 0 heterocycles. The number of allylic oxidation sites excluding steroid dienone is 1. The largest absolute Gasteiger partial charge is 0.387 e. The average molecular weight is 199 g/mol. The van der Waals surface area contributed by atoms with Crippen LogP contribution >= 0.6 is 0 Å². The van der Waals surface area contributed by atoms with Crippen molar-refractivity contribution >= 4 is 0 Å². The van der Waals surface area contributed by atoms with Gasteiger partial charge in [0.05, 0.1) is 0 Å². The summed E-state index contributed by atoms with van der Waals surface area (Å²) < 4.78 is 0. The van der Waals surface area contributed by atoms with E-state index in [1.807, 2.05) is 7.05 Å². The van der Waals surface area contributed by atoms with E-state index in [9.17, 15) is 0 Å². The van der Waals surface area contributed by atoms with Crippen LogP contribution in [-0.4, -0.2) is 26.2 Å². The first kappa shape index (κ1) is 13.5. The molecule has 0 aromatic rings. The number of unbranched alkanes of at least 4 members (excludes halogenated alkanes) is 3. The number of nitrogens with two attached hydrogens (primary N) is 1. The normalized spacial score (nSPS) is 13.4. The predicted octanol–water partition coefficient (Wildman–Crippen LogP) is 1.22. The summed E-state index contributed by atoms with van der Waals surface area (Å²) in [6.45, 7) is 3.98. The van der Waals surface area contributed by atoms with Gasteiger partial charge in [0, 0.05) is 12.6 Å². The maximum Gasteiger partial charge on any atom is 0.0352 e. The van der Waals surface area contributed by atoms with Gasteiger partial charge < -0.3 is 16.4 Å². The van der Waals surface area contributed by atoms with Crippen molar-refractivity contribution in [3.05, 3.63) is 12.3 Å². The number of hydrogen-bond acceptors (Lipinski definition) is 3. The minimum absolute atomic E-state index is 0.500. The summed E-state index contributed by atoms with van der Waals surface area (Å²) in [5.74, 6) is 0. The highest BCUT2D eigenvalue weighted by molar-refractivity contribution is 4.82. The van der Waals surface area contributed by atoms with Crippen LogP contribution in [0.1, 0.15) is 32.6 Å². The quantitative estimate of drug-likeness (QED) is 0.489. The van der Waals surface area contributed by atoms with Crippen LogP contribution < -0.4 is 16.4 Å². The molecule has 0 amide bonds. The summed E-state index contributed by atoms with van der Waals surface area (Å²) in [5.41, 5.74) is 5.41. The SMILES string of the molecule is CNCC(C)N/C=C/CCCCCN. The molecule has 0 saturated heterocycles. The fourth-order valence-electron chi connectivity index (χ4n) is 1.26. The Bertz CT molecular complexity index is 134. The fourth-order valence-corrected chi connectivity index (χ4v) is 1.26. The van der Waals surface area contributed by atoms with Crippen LogP contribution in [0.2, 0.25) is 0 Å². The van der Waals surface area contributed by atoms with Gasteiger partial charge in [-0.25, -0.2) is 0 Å². The van der Waals surface area contributed by atoms with Crippen LogP contribution in [0.4, 0.5) is 0 Å². The van der Waals surface area contributed by atoms with Crippen LogP contribution in [0, 0.1) is 0 Å². The minimum Gasteiger partial charge on any atom is -0.387 e. The van der Waals surface area contributed by atoms with E-state index < -0.39 is 0 Å². The predicted molar refractivity (Wildman–Crippen MR) is 63.2 cm³/mol. The number of hydrogen-bond donors (Lipinski definition) is 3. The fraction of sp³-hybridized carbons (Fsp3) is 0.818. The Kier molecular flexibility index (Phi) is 10.1. The summed E-state index contributed by atoms with van der Waals surface area (Å²) in [6, 6.07) is 0.500. The van der Waals surface area contributed by atoms with Gasteiger partial charge in [0.15, 0.2) is 0 Å². The van der Waals surface area contributed by atoms with E-state index in [0.29, 0.717) is 6.04 Å². The van der Waals surface area contributed by atoms with Crippen molar-refractivity contribution < 1.29 is 0 Å². The Balaban J connectivity index is 3.18. The lowest BCUT2D eigenvalue weighted by Crippen LogP contribution is -2.31. The molecule has 0 bridgehead atoms. The van der Waals surface area contributed by atoms with Gasteiger partial charge in [-0.2, -0.15) is 0 Å². The van der Waals surface area contributed by atoms with Crippen molar-refractivity contribution in [2.75, 3.05) is 20.1 Å². The molecular weight excluding hydrogens is 174 g/mol. The Morgan fingerprint density at radius 2 is 2.07 bits per heavy atom. The Hall–Kier alpha value is -0.540. The van der Waals surface area contributed by atoms with Crippen LogP contribution in [0.25, 0.3) is 0 Å². The molecule has 0 fully saturated rings. The molecule has 84 valence electrons. The first-order valence-corrected chi connectivity index (χ1v) is 5.57.